The van der Waals surface area contributed by atoms with Gasteiger partial charge in [-0.1, -0.05) is 0 Å². The number of anilines is 1. The number of nitrogen functional groups attached to an aromatic ring is 1. The third-order valence-corrected chi connectivity index (χ3v) is 2.52. The molecule has 0 aliphatic rings. The van der Waals surface area contributed by atoms with Crippen molar-refractivity contribution in [3.8, 4) is 0 Å². The highest BCUT2D eigenvalue weighted by Gasteiger charge is 2.00. The van der Waals surface area contributed by atoms with Gasteiger partial charge in [0.05, 0.1) is 18.4 Å². The van der Waals surface area contributed by atoms with Gasteiger partial charge in [0, 0.05) is 17.3 Å². The molecule has 2 N–H and O–H groups in total. The largest absolute Gasteiger partial charge is 0.396 e. The summed E-state index contributed by atoms with van der Waals surface area (Å²) in [4.78, 5) is 5.45. The van der Waals surface area contributed by atoms with Crippen LogP contribution < -0.4 is 5.73 Å². The number of hydrogen-bond acceptors (Lipinski definition) is 4. The standard InChI is InChI=1S/C8H10N4S/c1-6-2-10-8(13-6)5-12-4-7(9)3-11-12/h2-4H,5,9H2,1H3. The lowest BCUT2D eigenvalue weighted by molar-refractivity contribution is 0.683. The molecule has 0 radical (unpaired) electrons. The topological polar surface area (TPSA) is 56.7 Å². The van der Waals surface area contributed by atoms with Gasteiger partial charge in [0.1, 0.15) is 5.01 Å². The van der Waals surface area contributed by atoms with Gasteiger partial charge in [-0.25, -0.2) is 4.98 Å². The Morgan fingerprint density at radius 1 is 1.54 bits per heavy atom. The molecule has 2 heterocycles. The third kappa shape index (κ3) is 1.86. The quantitative estimate of drug-likeness (QED) is 0.783. The van der Waals surface area contributed by atoms with Gasteiger partial charge < -0.3 is 5.73 Å². The van der Waals surface area contributed by atoms with Crippen LogP contribution in [0.2, 0.25) is 0 Å². The van der Waals surface area contributed by atoms with Gasteiger partial charge >= 0.3 is 0 Å². The lowest BCUT2D eigenvalue weighted by atomic mass is 10.6. The second kappa shape index (κ2) is 3.18. The Morgan fingerprint density at radius 3 is 2.92 bits per heavy atom. The number of aromatic nitrogens is 3. The zero-order valence-corrected chi connectivity index (χ0v) is 8.08. The number of aryl methyl sites for hydroxylation is 1. The van der Waals surface area contributed by atoms with E-state index in [1.165, 1.54) is 4.88 Å². The van der Waals surface area contributed by atoms with Gasteiger partial charge in [0.15, 0.2) is 0 Å². The van der Waals surface area contributed by atoms with Gasteiger partial charge in [-0.2, -0.15) is 5.10 Å². The van der Waals surface area contributed by atoms with E-state index in [1.807, 2.05) is 13.1 Å². The summed E-state index contributed by atoms with van der Waals surface area (Å²) in [6, 6.07) is 0. The molecular formula is C8H10N4S. The van der Waals surface area contributed by atoms with Gasteiger partial charge in [-0.05, 0) is 6.92 Å². The van der Waals surface area contributed by atoms with Crippen molar-refractivity contribution < 1.29 is 0 Å². The van der Waals surface area contributed by atoms with E-state index < -0.39 is 0 Å². The van der Waals surface area contributed by atoms with E-state index in [0.29, 0.717) is 12.2 Å². The van der Waals surface area contributed by atoms with E-state index in [4.69, 9.17) is 5.73 Å². The van der Waals surface area contributed by atoms with Gasteiger partial charge in [-0.3, -0.25) is 4.68 Å². The van der Waals surface area contributed by atoms with E-state index >= 15 is 0 Å². The summed E-state index contributed by atoms with van der Waals surface area (Å²) in [5.41, 5.74) is 6.23. The Labute approximate surface area is 80.0 Å². The van der Waals surface area contributed by atoms with E-state index in [2.05, 4.69) is 10.1 Å². The summed E-state index contributed by atoms with van der Waals surface area (Å²) in [5.74, 6) is 0. The van der Waals surface area contributed by atoms with Gasteiger partial charge in [-0.15, -0.1) is 11.3 Å². The fraction of sp³-hybridized carbons (Fsp3) is 0.250. The Hall–Kier alpha value is -1.36. The first kappa shape index (κ1) is 8.25. The van der Waals surface area contributed by atoms with Crippen molar-refractivity contribution in [3.63, 3.8) is 0 Å². The maximum Gasteiger partial charge on any atom is 0.114 e. The SMILES string of the molecule is Cc1cnc(Cn2cc(N)cn2)s1. The first-order valence-corrected chi connectivity index (χ1v) is 4.75. The minimum Gasteiger partial charge on any atom is -0.396 e. The normalized spacial score (nSPS) is 10.5. The molecule has 0 bridgehead atoms. The summed E-state index contributed by atoms with van der Waals surface area (Å²) < 4.78 is 1.79. The van der Waals surface area contributed by atoms with Crippen molar-refractivity contribution in [1.29, 1.82) is 0 Å². The van der Waals surface area contributed by atoms with Crippen LogP contribution in [0.15, 0.2) is 18.6 Å². The number of thiazole rings is 1. The van der Waals surface area contributed by atoms with Crippen molar-refractivity contribution >= 4 is 17.0 Å². The summed E-state index contributed by atoms with van der Waals surface area (Å²) in [6.45, 7) is 2.74. The molecule has 2 aromatic rings. The van der Waals surface area contributed by atoms with Crippen molar-refractivity contribution in [1.82, 2.24) is 14.8 Å². The van der Waals surface area contributed by atoms with Crippen LogP contribution in [0.3, 0.4) is 0 Å². The molecule has 2 rings (SSSR count). The molecule has 0 saturated carbocycles. The Balaban J connectivity index is 2.14. The monoisotopic (exact) mass is 194 g/mol. The summed E-state index contributed by atoms with van der Waals surface area (Å²) in [5, 5.41) is 5.13. The highest BCUT2D eigenvalue weighted by molar-refractivity contribution is 7.11. The van der Waals surface area contributed by atoms with Gasteiger partial charge in [0.2, 0.25) is 0 Å². The minimum absolute atomic E-state index is 0.688. The highest BCUT2D eigenvalue weighted by Crippen LogP contribution is 2.12. The molecule has 2 aromatic heterocycles. The van der Waals surface area contributed by atoms with Crippen LogP contribution in [0.5, 0.6) is 0 Å². The minimum atomic E-state index is 0.688. The zero-order valence-electron chi connectivity index (χ0n) is 7.27. The molecule has 5 heteroatoms. The van der Waals surface area contributed by atoms with Crippen molar-refractivity contribution in [2.75, 3.05) is 5.73 Å². The Kier molecular flexibility index (Phi) is 2.02. The predicted octanol–water partition coefficient (Wildman–Crippen LogP) is 1.28. The van der Waals surface area contributed by atoms with E-state index in [1.54, 1.807) is 28.4 Å². The molecule has 0 aromatic carbocycles. The molecule has 0 aliphatic carbocycles. The molecule has 0 fully saturated rings. The fourth-order valence-corrected chi connectivity index (χ4v) is 1.86. The second-order valence-electron chi connectivity index (χ2n) is 2.84. The van der Waals surface area contributed by atoms with Crippen LogP contribution in [-0.2, 0) is 6.54 Å². The van der Waals surface area contributed by atoms with Crippen LogP contribution in [0.4, 0.5) is 5.69 Å². The molecule has 13 heavy (non-hydrogen) atoms. The molecule has 0 spiro atoms. The number of nitrogens with two attached hydrogens (primary N) is 1. The third-order valence-electron chi connectivity index (χ3n) is 1.62. The molecule has 0 unspecified atom stereocenters. The van der Waals surface area contributed by atoms with Crippen molar-refractivity contribution in [2.24, 2.45) is 0 Å². The van der Waals surface area contributed by atoms with Crippen LogP contribution in [-0.4, -0.2) is 14.8 Å². The average Bonchev–Trinajstić information content (AvgIpc) is 2.62. The van der Waals surface area contributed by atoms with Crippen LogP contribution >= 0.6 is 11.3 Å². The van der Waals surface area contributed by atoms with Crippen molar-refractivity contribution in [3.05, 3.63) is 28.5 Å². The maximum absolute atomic E-state index is 5.54. The summed E-state index contributed by atoms with van der Waals surface area (Å²) in [7, 11) is 0. The molecule has 68 valence electrons. The van der Waals surface area contributed by atoms with E-state index in [9.17, 15) is 0 Å². The Morgan fingerprint density at radius 2 is 2.38 bits per heavy atom. The number of hydrogen-bond donors (Lipinski definition) is 1. The number of rotatable bonds is 2. The molecule has 0 amide bonds. The Bertz CT molecular complexity index is 365. The highest BCUT2D eigenvalue weighted by atomic mass is 32.1. The maximum atomic E-state index is 5.54. The molecule has 0 aliphatic heterocycles. The van der Waals surface area contributed by atoms with E-state index in [-0.39, 0.29) is 0 Å². The smallest absolute Gasteiger partial charge is 0.114 e. The molecular weight excluding hydrogens is 184 g/mol. The van der Waals surface area contributed by atoms with Crippen LogP contribution in [0.25, 0.3) is 0 Å². The first-order valence-electron chi connectivity index (χ1n) is 3.93. The lowest BCUT2D eigenvalue weighted by Crippen LogP contribution is -1.98. The predicted molar refractivity (Wildman–Crippen MR) is 52.6 cm³/mol. The van der Waals surface area contributed by atoms with Crippen molar-refractivity contribution in [2.45, 2.75) is 13.5 Å². The van der Waals surface area contributed by atoms with Gasteiger partial charge in [0.25, 0.3) is 0 Å². The average molecular weight is 194 g/mol. The molecule has 0 saturated heterocycles. The first-order chi connectivity index (χ1) is 6.24. The lowest BCUT2D eigenvalue weighted by Gasteiger charge is -1.94. The summed E-state index contributed by atoms with van der Waals surface area (Å²) in [6.07, 6.45) is 5.31. The van der Waals surface area contributed by atoms with Crippen LogP contribution in [0, 0.1) is 6.92 Å². The van der Waals surface area contributed by atoms with Crippen LogP contribution in [0.1, 0.15) is 9.88 Å². The molecule has 0 atom stereocenters. The number of nitrogens with zero attached hydrogens (tertiary/aromatic N) is 3. The molecule has 4 nitrogen and oxygen atoms in total. The zero-order chi connectivity index (χ0) is 9.26. The van der Waals surface area contributed by atoms with E-state index in [0.717, 1.165) is 5.01 Å². The second-order valence-corrected chi connectivity index (χ2v) is 4.16. The fourth-order valence-electron chi connectivity index (χ4n) is 1.08. The summed E-state index contributed by atoms with van der Waals surface area (Å²) >= 11 is 1.68.